The Kier molecular flexibility index (Phi) is 7.53. The molecule has 3 aromatic carbocycles. The molecule has 4 nitrogen and oxygen atoms in total. The first-order chi connectivity index (χ1) is 14.1. The summed E-state index contributed by atoms with van der Waals surface area (Å²) in [5.41, 5.74) is 0.144. The summed E-state index contributed by atoms with van der Waals surface area (Å²) in [6.45, 7) is 0. The lowest BCUT2D eigenvalue weighted by Gasteiger charge is -2.34. The monoisotopic (exact) mass is 524 g/mol. The van der Waals surface area contributed by atoms with Gasteiger partial charge in [-0.2, -0.15) is 0 Å². The number of phosphoric acid groups is 1. The van der Waals surface area contributed by atoms with Crippen molar-refractivity contribution in [3.63, 3.8) is 0 Å². The quantitative estimate of drug-likeness (QED) is 0.218. The maximum absolute atomic E-state index is 13.5. The molecule has 0 saturated heterocycles. The van der Waals surface area contributed by atoms with E-state index in [1.165, 1.54) is 6.07 Å². The van der Waals surface area contributed by atoms with E-state index in [1.807, 2.05) is 0 Å². The molecule has 0 aliphatic carbocycles. The van der Waals surface area contributed by atoms with Crippen LogP contribution in [-0.4, -0.2) is 4.52 Å². The third-order valence-corrected chi connectivity index (χ3v) is 7.68. The lowest BCUT2D eigenvalue weighted by atomic mass is 10.1. The Bertz CT molecular complexity index is 986. The summed E-state index contributed by atoms with van der Waals surface area (Å²) in [7, 11) is -4.49. The van der Waals surface area contributed by atoms with Crippen LogP contribution in [0.5, 0.6) is 11.5 Å². The molecule has 0 bridgehead atoms. The van der Waals surface area contributed by atoms with Crippen molar-refractivity contribution < 1.29 is 18.1 Å². The molecular formula is C20H14Cl5O4P. The van der Waals surface area contributed by atoms with Gasteiger partial charge in [0.25, 0.3) is 4.52 Å². The van der Waals surface area contributed by atoms with Gasteiger partial charge in [0.05, 0.1) is 0 Å². The van der Waals surface area contributed by atoms with Crippen LogP contribution in [0.3, 0.4) is 0 Å². The van der Waals surface area contributed by atoms with E-state index in [4.69, 9.17) is 71.6 Å². The minimum atomic E-state index is -4.49. The second-order valence-corrected chi connectivity index (χ2v) is 10.4. The number of rotatable bonds is 8. The van der Waals surface area contributed by atoms with Crippen molar-refractivity contribution in [1.82, 2.24) is 0 Å². The molecule has 0 aromatic heterocycles. The van der Waals surface area contributed by atoms with Gasteiger partial charge >= 0.3 is 7.82 Å². The van der Waals surface area contributed by atoms with Crippen LogP contribution in [0.2, 0.25) is 5.02 Å². The van der Waals surface area contributed by atoms with Gasteiger partial charge in [-0.05, 0) is 30.3 Å². The standard InChI is InChI=1S/C20H14Cl5O4P/c21-18-14-8-7-13-17(18)19(22,23)20(24,25)29-30(26,27-15-9-3-1-4-10-15)28-16-11-5-2-6-12-16/h1-14H. The Balaban J connectivity index is 1.96. The molecule has 0 atom stereocenters. The summed E-state index contributed by atoms with van der Waals surface area (Å²) in [5.74, 6) is 0.377. The highest BCUT2D eigenvalue weighted by Crippen LogP contribution is 2.61. The van der Waals surface area contributed by atoms with Crippen molar-refractivity contribution in [2.75, 3.05) is 0 Å². The van der Waals surface area contributed by atoms with Gasteiger partial charge in [-0.15, -0.1) is 0 Å². The van der Waals surface area contributed by atoms with Gasteiger partial charge in [-0.3, -0.25) is 0 Å². The molecule has 3 rings (SSSR count). The maximum Gasteiger partial charge on any atom is 0.590 e. The predicted molar refractivity (Wildman–Crippen MR) is 122 cm³/mol. The predicted octanol–water partition coefficient (Wildman–Crippen LogP) is 8.38. The second-order valence-electron chi connectivity index (χ2n) is 5.92. The van der Waals surface area contributed by atoms with E-state index in [1.54, 1.807) is 78.9 Å². The average Bonchev–Trinajstić information content (AvgIpc) is 2.68. The number of para-hydroxylation sites is 2. The van der Waals surface area contributed by atoms with Crippen LogP contribution in [0.15, 0.2) is 84.9 Å². The van der Waals surface area contributed by atoms with Gasteiger partial charge in [0.15, 0.2) is 0 Å². The van der Waals surface area contributed by atoms with Crippen molar-refractivity contribution in [2.45, 2.75) is 8.85 Å². The minimum absolute atomic E-state index is 0.144. The largest absolute Gasteiger partial charge is 0.590 e. The summed E-state index contributed by atoms with van der Waals surface area (Å²) in [4.78, 5) is 0. The summed E-state index contributed by atoms with van der Waals surface area (Å²) < 4.78 is 25.3. The number of halogens is 5. The van der Waals surface area contributed by atoms with E-state index in [0.29, 0.717) is 0 Å². The van der Waals surface area contributed by atoms with Crippen molar-refractivity contribution in [2.24, 2.45) is 0 Å². The van der Waals surface area contributed by atoms with Crippen LogP contribution in [0.4, 0.5) is 0 Å². The van der Waals surface area contributed by atoms with Crippen molar-refractivity contribution in [1.29, 1.82) is 0 Å². The number of hydrogen-bond acceptors (Lipinski definition) is 4. The first kappa shape index (κ1) is 23.6. The number of hydrogen-bond donors (Lipinski definition) is 0. The Morgan fingerprint density at radius 3 is 1.57 bits per heavy atom. The first-order valence-electron chi connectivity index (χ1n) is 8.44. The van der Waals surface area contributed by atoms with Crippen LogP contribution in [0, 0.1) is 0 Å². The molecule has 0 heterocycles. The summed E-state index contributed by atoms with van der Waals surface area (Å²) in [5, 5.41) is 0.180. The summed E-state index contributed by atoms with van der Waals surface area (Å²) in [6, 6.07) is 22.8. The van der Waals surface area contributed by atoms with Crippen LogP contribution < -0.4 is 9.05 Å². The molecule has 10 heteroatoms. The smallest absolute Gasteiger partial charge is 0.395 e. The van der Waals surface area contributed by atoms with Gasteiger partial charge in [-0.1, -0.05) is 113 Å². The van der Waals surface area contributed by atoms with Crippen LogP contribution in [-0.2, 0) is 13.4 Å². The average molecular weight is 527 g/mol. The van der Waals surface area contributed by atoms with Gasteiger partial charge < -0.3 is 9.05 Å². The normalized spacial score (nSPS) is 12.4. The summed E-state index contributed by atoms with van der Waals surface area (Å²) in [6.07, 6.45) is 0. The van der Waals surface area contributed by atoms with Gasteiger partial charge in [-0.25, -0.2) is 9.09 Å². The Labute approximate surface area is 199 Å². The molecule has 0 unspecified atom stereocenters. The molecule has 0 N–H and O–H groups in total. The Morgan fingerprint density at radius 2 is 1.10 bits per heavy atom. The van der Waals surface area contributed by atoms with E-state index >= 15 is 0 Å². The molecule has 0 aliphatic rings. The van der Waals surface area contributed by atoms with Crippen LogP contribution in [0.1, 0.15) is 5.56 Å². The fraction of sp³-hybridized carbons (Fsp3) is 0.100. The van der Waals surface area contributed by atoms with E-state index in [2.05, 4.69) is 0 Å². The molecule has 3 aromatic rings. The fourth-order valence-electron chi connectivity index (χ4n) is 2.35. The molecule has 158 valence electrons. The molecule has 0 radical (unpaired) electrons. The molecule has 0 saturated carbocycles. The zero-order valence-electron chi connectivity index (χ0n) is 15.1. The van der Waals surface area contributed by atoms with Crippen LogP contribution >= 0.6 is 65.8 Å². The highest BCUT2D eigenvalue weighted by molar-refractivity contribution is 7.49. The zero-order valence-corrected chi connectivity index (χ0v) is 19.7. The molecule has 0 fully saturated rings. The van der Waals surface area contributed by atoms with Gasteiger partial charge in [0, 0.05) is 10.6 Å². The lowest BCUT2D eigenvalue weighted by Crippen LogP contribution is -2.37. The van der Waals surface area contributed by atoms with Gasteiger partial charge in [0.1, 0.15) is 11.5 Å². The molecule has 0 spiro atoms. The molecular weight excluding hydrogens is 512 g/mol. The lowest BCUT2D eigenvalue weighted by molar-refractivity contribution is 0.154. The van der Waals surface area contributed by atoms with E-state index in [9.17, 15) is 4.57 Å². The highest BCUT2D eigenvalue weighted by Gasteiger charge is 2.56. The van der Waals surface area contributed by atoms with Crippen molar-refractivity contribution >= 4 is 65.8 Å². The third-order valence-electron chi connectivity index (χ3n) is 3.72. The SMILES string of the molecule is O=P(Oc1ccccc1)(Oc1ccccc1)OC(Cl)(Cl)C(Cl)(Cl)c1ccccc1Cl. The minimum Gasteiger partial charge on any atom is -0.395 e. The van der Waals surface area contributed by atoms with E-state index < -0.39 is 16.7 Å². The Morgan fingerprint density at radius 1 is 0.667 bits per heavy atom. The zero-order chi connectivity index (χ0) is 21.8. The maximum atomic E-state index is 13.5. The molecule has 0 amide bonds. The van der Waals surface area contributed by atoms with Crippen molar-refractivity contribution in [3.8, 4) is 11.5 Å². The van der Waals surface area contributed by atoms with Crippen molar-refractivity contribution in [3.05, 3.63) is 95.5 Å². The number of benzene rings is 3. The molecule has 30 heavy (non-hydrogen) atoms. The number of alkyl halides is 4. The topological polar surface area (TPSA) is 44.8 Å². The first-order valence-corrected chi connectivity index (χ1v) is 11.8. The highest BCUT2D eigenvalue weighted by atomic mass is 35.5. The second kappa shape index (κ2) is 9.58. The Hall–Kier alpha value is -1.10. The third kappa shape index (κ3) is 5.57. The summed E-state index contributed by atoms with van der Waals surface area (Å²) >= 11 is 31.7. The molecule has 0 aliphatic heterocycles. The van der Waals surface area contributed by atoms with Gasteiger partial charge in [0.2, 0.25) is 4.33 Å². The van der Waals surface area contributed by atoms with Crippen LogP contribution in [0.25, 0.3) is 0 Å². The number of phosphoric ester groups is 1. The fourth-order valence-corrected chi connectivity index (χ4v) is 5.24. The van der Waals surface area contributed by atoms with E-state index in [-0.39, 0.29) is 22.1 Å². The van der Waals surface area contributed by atoms with E-state index in [0.717, 1.165) is 0 Å².